The van der Waals surface area contributed by atoms with E-state index in [0.29, 0.717) is 0 Å². The van der Waals surface area contributed by atoms with Gasteiger partial charge in [0.05, 0.1) is 6.07 Å². The number of hydrogen-bond acceptors (Lipinski definition) is 1. The Hall–Kier alpha value is -0.770. The summed E-state index contributed by atoms with van der Waals surface area (Å²) < 4.78 is 0. The van der Waals surface area contributed by atoms with Crippen LogP contribution in [0.25, 0.3) is 0 Å². The summed E-state index contributed by atoms with van der Waals surface area (Å²) in [5.41, 5.74) is 1.36. The third-order valence-corrected chi connectivity index (χ3v) is 2.81. The van der Waals surface area contributed by atoms with Gasteiger partial charge in [-0.15, -0.1) is 0 Å². The molecule has 0 N–H and O–H groups in total. The lowest BCUT2D eigenvalue weighted by Gasteiger charge is -2.26. The SMILES string of the molecule is CC(C)C1CCCC(=CC#N)C1. The van der Waals surface area contributed by atoms with Gasteiger partial charge < -0.3 is 0 Å². The van der Waals surface area contributed by atoms with Gasteiger partial charge in [-0.3, -0.25) is 0 Å². The second kappa shape index (κ2) is 4.30. The van der Waals surface area contributed by atoms with Crippen LogP contribution in [0.2, 0.25) is 0 Å². The van der Waals surface area contributed by atoms with E-state index in [9.17, 15) is 0 Å². The molecule has 0 spiro atoms. The molecule has 1 rings (SSSR count). The first-order valence-electron chi connectivity index (χ1n) is 4.81. The summed E-state index contributed by atoms with van der Waals surface area (Å²) in [7, 11) is 0. The van der Waals surface area contributed by atoms with Crippen LogP contribution < -0.4 is 0 Å². The van der Waals surface area contributed by atoms with E-state index in [1.54, 1.807) is 6.08 Å². The summed E-state index contributed by atoms with van der Waals surface area (Å²) in [6.07, 6.45) is 6.67. The molecule has 0 aromatic carbocycles. The Bertz CT molecular complexity index is 208. The summed E-state index contributed by atoms with van der Waals surface area (Å²) in [5, 5.41) is 8.52. The number of allylic oxidation sites excluding steroid dienone is 2. The normalized spacial score (nSPS) is 27.5. The topological polar surface area (TPSA) is 23.8 Å². The van der Waals surface area contributed by atoms with E-state index in [4.69, 9.17) is 5.26 Å². The smallest absolute Gasteiger partial charge is 0.0911 e. The lowest BCUT2D eigenvalue weighted by atomic mass is 9.79. The average molecular weight is 163 g/mol. The largest absolute Gasteiger partial charge is 0.193 e. The van der Waals surface area contributed by atoms with Gasteiger partial charge in [0.1, 0.15) is 0 Å². The van der Waals surface area contributed by atoms with E-state index >= 15 is 0 Å². The standard InChI is InChI=1S/C11H17N/c1-9(2)11-5-3-4-10(8-11)6-7-12/h6,9,11H,3-5,8H2,1-2H3. The second-order valence-corrected chi connectivity index (χ2v) is 4.03. The lowest BCUT2D eigenvalue weighted by Crippen LogP contribution is -2.14. The summed E-state index contributed by atoms with van der Waals surface area (Å²) in [5.74, 6) is 1.59. The van der Waals surface area contributed by atoms with Crippen LogP contribution in [0.4, 0.5) is 0 Å². The molecule has 1 unspecified atom stereocenters. The fourth-order valence-corrected chi connectivity index (χ4v) is 1.92. The van der Waals surface area contributed by atoms with Gasteiger partial charge in [-0.1, -0.05) is 19.4 Å². The number of nitrogens with zero attached hydrogens (tertiary/aromatic N) is 1. The van der Waals surface area contributed by atoms with Crippen LogP contribution in [0.15, 0.2) is 11.6 Å². The van der Waals surface area contributed by atoms with Crippen LogP contribution in [0.3, 0.4) is 0 Å². The second-order valence-electron chi connectivity index (χ2n) is 4.03. The molecule has 0 radical (unpaired) electrons. The van der Waals surface area contributed by atoms with Crippen LogP contribution in [0.1, 0.15) is 39.5 Å². The summed E-state index contributed by atoms with van der Waals surface area (Å²) in [6.45, 7) is 4.56. The van der Waals surface area contributed by atoms with Gasteiger partial charge in [0.15, 0.2) is 0 Å². The van der Waals surface area contributed by atoms with E-state index < -0.39 is 0 Å². The predicted molar refractivity (Wildman–Crippen MR) is 50.5 cm³/mol. The summed E-state index contributed by atoms with van der Waals surface area (Å²) in [6, 6.07) is 2.13. The molecular formula is C11H17N. The average Bonchev–Trinajstić information content (AvgIpc) is 2.05. The third kappa shape index (κ3) is 2.37. The molecule has 12 heavy (non-hydrogen) atoms. The fourth-order valence-electron chi connectivity index (χ4n) is 1.92. The lowest BCUT2D eigenvalue weighted by molar-refractivity contribution is 0.320. The van der Waals surface area contributed by atoms with Crippen molar-refractivity contribution in [3.8, 4) is 6.07 Å². The Kier molecular flexibility index (Phi) is 3.34. The third-order valence-electron chi connectivity index (χ3n) is 2.81. The highest BCUT2D eigenvalue weighted by Gasteiger charge is 2.19. The monoisotopic (exact) mass is 163 g/mol. The van der Waals surface area contributed by atoms with Gasteiger partial charge in [0.2, 0.25) is 0 Å². The van der Waals surface area contributed by atoms with Crippen molar-refractivity contribution in [3.63, 3.8) is 0 Å². The van der Waals surface area contributed by atoms with Crippen LogP contribution in [0.5, 0.6) is 0 Å². The van der Waals surface area contributed by atoms with Crippen molar-refractivity contribution in [1.29, 1.82) is 5.26 Å². The van der Waals surface area contributed by atoms with Crippen LogP contribution in [-0.4, -0.2) is 0 Å². The Labute approximate surface area is 75.1 Å². The first-order chi connectivity index (χ1) is 5.74. The molecule has 0 aromatic rings. The van der Waals surface area contributed by atoms with E-state index in [1.807, 2.05) is 0 Å². The van der Waals surface area contributed by atoms with Crippen molar-refractivity contribution in [2.24, 2.45) is 11.8 Å². The summed E-state index contributed by atoms with van der Waals surface area (Å²) >= 11 is 0. The van der Waals surface area contributed by atoms with Crippen molar-refractivity contribution in [2.45, 2.75) is 39.5 Å². The highest BCUT2D eigenvalue weighted by molar-refractivity contribution is 5.15. The first-order valence-corrected chi connectivity index (χ1v) is 4.81. The molecule has 1 aliphatic rings. The van der Waals surface area contributed by atoms with Crippen LogP contribution in [0, 0.1) is 23.2 Å². The van der Waals surface area contributed by atoms with Gasteiger partial charge in [-0.2, -0.15) is 5.26 Å². The van der Waals surface area contributed by atoms with E-state index in [-0.39, 0.29) is 0 Å². The zero-order valence-corrected chi connectivity index (χ0v) is 8.01. The molecule has 0 aliphatic heterocycles. The molecular weight excluding hydrogens is 146 g/mol. The maximum absolute atomic E-state index is 8.52. The van der Waals surface area contributed by atoms with Crippen molar-refractivity contribution in [2.75, 3.05) is 0 Å². The van der Waals surface area contributed by atoms with E-state index in [2.05, 4.69) is 19.9 Å². The van der Waals surface area contributed by atoms with Crippen molar-refractivity contribution >= 4 is 0 Å². The molecule has 1 aliphatic carbocycles. The Morgan fingerprint density at radius 2 is 2.33 bits per heavy atom. The van der Waals surface area contributed by atoms with Gasteiger partial charge in [0, 0.05) is 6.08 Å². The molecule has 1 nitrogen and oxygen atoms in total. The Morgan fingerprint density at radius 1 is 1.58 bits per heavy atom. The molecule has 1 atom stereocenters. The molecule has 0 amide bonds. The predicted octanol–water partition coefficient (Wildman–Crippen LogP) is 3.28. The minimum atomic E-state index is 0.771. The van der Waals surface area contributed by atoms with E-state index in [0.717, 1.165) is 24.7 Å². The molecule has 0 aromatic heterocycles. The van der Waals surface area contributed by atoms with Gasteiger partial charge >= 0.3 is 0 Å². The van der Waals surface area contributed by atoms with Crippen LogP contribution >= 0.6 is 0 Å². The maximum Gasteiger partial charge on any atom is 0.0911 e. The summed E-state index contributed by atoms with van der Waals surface area (Å²) in [4.78, 5) is 0. The zero-order valence-electron chi connectivity index (χ0n) is 8.01. The molecule has 0 saturated heterocycles. The zero-order chi connectivity index (χ0) is 8.97. The number of rotatable bonds is 1. The highest BCUT2D eigenvalue weighted by Crippen LogP contribution is 2.32. The minimum absolute atomic E-state index is 0.771. The van der Waals surface area contributed by atoms with Crippen molar-refractivity contribution in [1.82, 2.24) is 0 Å². The molecule has 1 saturated carbocycles. The van der Waals surface area contributed by atoms with Gasteiger partial charge in [0.25, 0.3) is 0 Å². The van der Waals surface area contributed by atoms with Crippen LogP contribution in [-0.2, 0) is 0 Å². The maximum atomic E-state index is 8.52. The molecule has 0 heterocycles. The fraction of sp³-hybridized carbons (Fsp3) is 0.727. The minimum Gasteiger partial charge on any atom is -0.193 e. The Morgan fingerprint density at radius 3 is 2.92 bits per heavy atom. The molecule has 1 fully saturated rings. The van der Waals surface area contributed by atoms with E-state index in [1.165, 1.54) is 18.4 Å². The Balaban J connectivity index is 2.53. The van der Waals surface area contributed by atoms with Gasteiger partial charge in [-0.25, -0.2) is 0 Å². The number of nitriles is 1. The van der Waals surface area contributed by atoms with Crippen molar-refractivity contribution in [3.05, 3.63) is 11.6 Å². The number of hydrogen-bond donors (Lipinski definition) is 0. The van der Waals surface area contributed by atoms with Crippen molar-refractivity contribution < 1.29 is 0 Å². The first kappa shape index (κ1) is 9.32. The molecule has 1 heteroatoms. The molecule has 0 bridgehead atoms. The quantitative estimate of drug-likeness (QED) is 0.544. The highest BCUT2D eigenvalue weighted by atomic mass is 14.3. The molecule has 66 valence electrons. The van der Waals surface area contributed by atoms with Gasteiger partial charge in [-0.05, 0) is 37.5 Å².